The molecule has 5 heterocycles. The van der Waals surface area contributed by atoms with Gasteiger partial charge in [0.15, 0.2) is 30.7 Å². The minimum Gasteiger partial charge on any atom is -0.494 e. The summed E-state index contributed by atoms with van der Waals surface area (Å²) in [5, 5.41) is 30.0. The third-order valence-corrected chi connectivity index (χ3v) is 12.4. The van der Waals surface area contributed by atoms with Crippen molar-refractivity contribution < 1.29 is 39.3 Å². The average Bonchev–Trinajstić information content (AvgIpc) is 3.98. The molecule has 3 aromatic heterocycles. The van der Waals surface area contributed by atoms with Gasteiger partial charge in [-0.15, -0.1) is 0 Å². The van der Waals surface area contributed by atoms with Crippen molar-refractivity contribution in [1.82, 2.24) is 20.6 Å². The highest BCUT2D eigenvalue weighted by Gasteiger charge is 2.35. The summed E-state index contributed by atoms with van der Waals surface area (Å²) in [6, 6.07) is 17.3. The van der Waals surface area contributed by atoms with E-state index in [2.05, 4.69) is 30.6 Å². The van der Waals surface area contributed by atoms with Crippen molar-refractivity contribution in [2.45, 2.75) is 13.5 Å². The van der Waals surface area contributed by atoms with E-state index in [4.69, 9.17) is 23.2 Å². The first-order chi connectivity index (χ1) is 29.0. The number of aromatic hydroxyl groups is 2. The van der Waals surface area contributed by atoms with Crippen LogP contribution in [0.1, 0.15) is 44.3 Å². The number of pyridine rings is 1. The van der Waals surface area contributed by atoms with Gasteiger partial charge in [-0.3, -0.25) is 19.2 Å². The first kappa shape index (κ1) is 42.2. The van der Waals surface area contributed by atoms with Crippen molar-refractivity contribution in [3.8, 4) is 34.3 Å². The standard InChI is InChI=1S/C42H36Cl2N8O6S2/c1-2-23(35-31-32(40(56)48-35)36(49-39(31)55)24-3-7-27(43)8-4-24)11-14-45-21-29(53)46-15-19-59-60-20-16-47-30(54)22-52-17-12-26(13-18-52)38-34-33(41(57)51-38)37(50-42(34)58)25-5-9-28(44)10-6-25/h2-14,17-18,45H,15-16,19-22H2,1H3,(H5,46,47,48,49,50,51,53,54,55,56,57,58)/p+2. The molecule has 5 aromatic rings. The lowest BCUT2D eigenvalue weighted by Crippen LogP contribution is -2.81. The van der Waals surface area contributed by atoms with Crippen LogP contribution in [0.3, 0.4) is 0 Å². The number of carbonyl (C=O) groups excluding carboxylic acids is 4. The molecule has 7 rings (SSSR count). The van der Waals surface area contributed by atoms with Gasteiger partial charge in [0, 0.05) is 64.0 Å². The van der Waals surface area contributed by atoms with Gasteiger partial charge in [-0.25, -0.2) is 9.98 Å². The summed E-state index contributed by atoms with van der Waals surface area (Å²) in [6.07, 6.45) is 8.67. The first-order valence-electron chi connectivity index (χ1n) is 18.6. The van der Waals surface area contributed by atoms with Crippen LogP contribution < -0.4 is 20.5 Å². The largest absolute Gasteiger partial charge is 0.494 e. The molecule has 4 amide bonds. The maximum Gasteiger partial charge on any atom is 0.286 e. The summed E-state index contributed by atoms with van der Waals surface area (Å²) in [5.41, 5.74) is 5.50. The lowest BCUT2D eigenvalue weighted by molar-refractivity contribution is -0.684. The molecule has 0 bridgehead atoms. The van der Waals surface area contributed by atoms with Crippen molar-refractivity contribution in [3.05, 3.63) is 135 Å². The molecule has 0 saturated carbocycles. The van der Waals surface area contributed by atoms with E-state index in [9.17, 15) is 29.4 Å². The van der Waals surface area contributed by atoms with E-state index in [1.165, 1.54) is 0 Å². The Bertz CT molecular complexity index is 2600. The van der Waals surface area contributed by atoms with Gasteiger partial charge in [-0.05, 0) is 42.3 Å². The van der Waals surface area contributed by atoms with Crippen molar-refractivity contribution in [3.63, 3.8) is 0 Å². The van der Waals surface area contributed by atoms with Gasteiger partial charge in [0.25, 0.3) is 23.6 Å². The molecule has 0 radical (unpaired) electrons. The van der Waals surface area contributed by atoms with Gasteiger partial charge < -0.3 is 36.1 Å². The number of aromatic amines is 2. The van der Waals surface area contributed by atoms with Gasteiger partial charge in [-0.2, -0.15) is 4.57 Å². The molecule has 2 aliphatic rings. The number of quaternary nitrogens is 1. The number of nitrogens with two attached hydrogens (primary N) is 1. The Kier molecular flexibility index (Phi) is 13.4. The van der Waals surface area contributed by atoms with E-state index in [-0.39, 0.29) is 36.7 Å². The number of nitrogens with zero attached hydrogens (tertiary/aromatic N) is 3. The predicted octanol–water partition coefficient (Wildman–Crippen LogP) is 4.95. The number of fused-ring (bicyclic) bond motifs is 2. The molecule has 0 saturated heterocycles. The Labute approximate surface area is 361 Å². The average molecular weight is 886 g/mol. The van der Waals surface area contributed by atoms with Crippen molar-refractivity contribution >= 4 is 79.8 Å². The highest BCUT2D eigenvalue weighted by molar-refractivity contribution is 8.76. The zero-order valence-corrected chi connectivity index (χ0v) is 35.1. The number of nitrogens with one attached hydrogen (secondary N) is 4. The molecule has 60 heavy (non-hydrogen) atoms. The fourth-order valence-electron chi connectivity index (χ4n) is 6.63. The molecule has 2 aromatic carbocycles. The minimum atomic E-state index is -0.459. The summed E-state index contributed by atoms with van der Waals surface area (Å²) < 4.78 is 1.71. The summed E-state index contributed by atoms with van der Waals surface area (Å²) >= 11 is 12.0. The second-order valence-corrected chi connectivity index (χ2v) is 17.0. The fourth-order valence-corrected chi connectivity index (χ4v) is 8.69. The van der Waals surface area contributed by atoms with Crippen molar-refractivity contribution in [2.75, 3.05) is 31.1 Å². The minimum absolute atomic E-state index is 0.0942. The number of hydrogen-bond donors (Lipinski definition) is 7. The molecule has 0 unspecified atom stereocenters. The summed E-state index contributed by atoms with van der Waals surface area (Å²) in [7, 11) is 3.18. The lowest BCUT2D eigenvalue weighted by atomic mass is 10.00. The van der Waals surface area contributed by atoms with E-state index in [0.717, 1.165) is 0 Å². The number of hydrogen-bond acceptors (Lipinski definition) is 8. The second-order valence-electron chi connectivity index (χ2n) is 13.4. The van der Waals surface area contributed by atoms with Crippen LogP contribution in [0.5, 0.6) is 11.8 Å². The van der Waals surface area contributed by atoms with E-state index in [1.54, 1.807) is 130 Å². The number of aliphatic imine (C=N–C) groups is 2. The maximum absolute atomic E-state index is 12.9. The SMILES string of the molecule is CC=C(C=C[NH2+]CC(=O)NCCSSCCNC(=O)C[n+]1ccc(C2=NC(=O)c3c(-c4ccc(Cl)cc4)[nH]c(O)c32)cc1)C1=NC(=O)c2c(-c3ccc(Cl)cc3)[nH]c(O)c21. The molecule has 0 spiro atoms. The van der Waals surface area contributed by atoms with E-state index in [0.29, 0.717) is 102 Å². The molecule has 14 nitrogen and oxygen atoms in total. The van der Waals surface area contributed by atoms with E-state index < -0.39 is 11.8 Å². The Balaban J connectivity index is 0.775. The van der Waals surface area contributed by atoms with Crippen LogP contribution in [0.2, 0.25) is 10.0 Å². The first-order valence-corrected chi connectivity index (χ1v) is 21.9. The van der Waals surface area contributed by atoms with Crippen molar-refractivity contribution in [1.29, 1.82) is 0 Å². The number of halogens is 2. The molecule has 2 aliphatic heterocycles. The number of allylic oxidation sites excluding steroid dienone is 3. The third kappa shape index (κ3) is 9.43. The zero-order valence-electron chi connectivity index (χ0n) is 31.9. The Morgan fingerprint density at radius 3 is 1.87 bits per heavy atom. The maximum atomic E-state index is 12.9. The second kappa shape index (κ2) is 19.0. The molecule has 8 N–H and O–H groups in total. The van der Waals surface area contributed by atoms with Crippen LogP contribution >= 0.6 is 44.8 Å². The quantitative estimate of drug-likeness (QED) is 0.0293. The van der Waals surface area contributed by atoms with Gasteiger partial charge in [0.05, 0.1) is 51.3 Å². The van der Waals surface area contributed by atoms with Crippen LogP contribution in [0.25, 0.3) is 22.5 Å². The number of carbonyl (C=O) groups is 4. The van der Waals surface area contributed by atoms with Gasteiger partial charge in [0.2, 0.25) is 6.54 Å². The van der Waals surface area contributed by atoms with Crippen LogP contribution in [0, 0.1) is 0 Å². The number of benzene rings is 2. The van der Waals surface area contributed by atoms with Gasteiger partial charge in [-0.1, -0.05) is 75.1 Å². The summed E-state index contributed by atoms with van der Waals surface area (Å²) in [6.45, 7) is 3.00. The Morgan fingerprint density at radius 2 is 1.28 bits per heavy atom. The third-order valence-electron chi connectivity index (χ3n) is 9.44. The summed E-state index contributed by atoms with van der Waals surface area (Å²) in [4.78, 5) is 65.0. The molecule has 0 fully saturated rings. The monoisotopic (exact) mass is 884 g/mol. The topological polar surface area (TPSA) is 210 Å². The van der Waals surface area contributed by atoms with E-state index >= 15 is 0 Å². The van der Waals surface area contributed by atoms with E-state index in [1.807, 2.05) is 0 Å². The zero-order chi connectivity index (χ0) is 42.3. The molecule has 0 aliphatic carbocycles. The number of H-pyrrole nitrogens is 2. The normalized spacial score (nSPS) is 13.4. The predicted molar refractivity (Wildman–Crippen MR) is 234 cm³/mol. The summed E-state index contributed by atoms with van der Waals surface area (Å²) in [5.74, 6) is -0.175. The lowest BCUT2D eigenvalue weighted by Gasteiger charge is -2.05. The number of rotatable bonds is 17. The highest BCUT2D eigenvalue weighted by Crippen LogP contribution is 2.39. The smallest absolute Gasteiger partial charge is 0.286 e. The number of aromatic nitrogens is 3. The Morgan fingerprint density at radius 1 is 0.750 bits per heavy atom. The van der Waals surface area contributed by atoms with Crippen LogP contribution in [-0.4, -0.2) is 86.4 Å². The van der Waals surface area contributed by atoms with Crippen molar-refractivity contribution in [2.24, 2.45) is 9.98 Å². The fraction of sp³-hybridized carbons (Fsp3) is 0.167. The van der Waals surface area contributed by atoms with Gasteiger partial charge in [0.1, 0.15) is 0 Å². The molecule has 0 atom stereocenters. The van der Waals surface area contributed by atoms with Crippen LogP contribution in [0.4, 0.5) is 0 Å². The molecule has 18 heteroatoms. The molecule has 306 valence electrons. The number of amides is 4. The molecular formula is C42H38Cl2N8O6S2+2. The van der Waals surface area contributed by atoms with Crippen LogP contribution in [-0.2, 0) is 16.1 Å². The molecular weight excluding hydrogens is 848 g/mol. The van der Waals surface area contributed by atoms with Crippen LogP contribution in [0.15, 0.2) is 107 Å². The van der Waals surface area contributed by atoms with Gasteiger partial charge >= 0.3 is 0 Å². The Hall–Kier alpha value is -5.91. The highest BCUT2D eigenvalue weighted by atomic mass is 35.5.